The molecule has 0 spiro atoms. The molecule has 0 atom stereocenters. The van der Waals surface area contributed by atoms with Crippen LogP contribution in [0.1, 0.15) is 17.0 Å². The summed E-state index contributed by atoms with van der Waals surface area (Å²) >= 11 is 0. The van der Waals surface area contributed by atoms with Gasteiger partial charge in [0.15, 0.2) is 11.7 Å². The van der Waals surface area contributed by atoms with Crippen LogP contribution >= 0.6 is 24.0 Å². The van der Waals surface area contributed by atoms with Crippen molar-refractivity contribution in [3.63, 3.8) is 0 Å². The van der Waals surface area contributed by atoms with Gasteiger partial charge >= 0.3 is 0 Å². The van der Waals surface area contributed by atoms with E-state index in [1.807, 2.05) is 43.3 Å². The number of hydrogen-bond donors (Lipinski definition) is 2. The highest BCUT2D eigenvalue weighted by atomic mass is 127. The van der Waals surface area contributed by atoms with E-state index in [0.29, 0.717) is 24.9 Å². The van der Waals surface area contributed by atoms with Crippen LogP contribution in [0.4, 0.5) is 4.39 Å². The van der Waals surface area contributed by atoms with E-state index in [1.165, 1.54) is 6.07 Å². The molecule has 0 aliphatic heterocycles. The Hall–Kier alpha value is -2.42. The minimum atomic E-state index is -0.206. The first-order valence-electron chi connectivity index (χ1n) is 8.85. The maximum absolute atomic E-state index is 13.2. The van der Waals surface area contributed by atoms with Crippen molar-refractivity contribution >= 4 is 29.9 Å². The van der Waals surface area contributed by atoms with Gasteiger partial charge in [-0.05, 0) is 36.6 Å². The Kier molecular flexibility index (Phi) is 8.43. The van der Waals surface area contributed by atoms with Crippen molar-refractivity contribution in [1.29, 1.82) is 0 Å². The van der Waals surface area contributed by atoms with Crippen LogP contribution in [0.2, 0.25) is 0 Å². The second-order valence-electron chi connectivity index (χ2n) is 6.16. The predicted molar refractivity (Wildman–Crippen MR) is 120 cm³/mol. The molecule has 0 fully saturated rings. The minimum absolute atomic E-state index is 0. The van der Waals surface area contributed by atoms with E-state index in [2.05, 4.69) is 20.6 Å². The number of hydrogen-bond acceptors (Lipinski definition) is 3. The highest BCUT2D eigenvalue weighted by Gasteiger charge is 2.07. The maximum Gasteiger partial charge on any atom is 0.214 e. The van der Waals surface area contributed by atoms with Crippen molar-refractivity contribution in [2.24, 2.45) is 4.99 Å². The molecule has 148 valence electrons. The fraction of sp³-hybridized carbons (Fsp3) is 0.238. The highest BCUT2D eigenvalue weighted by molar-refractivity contribution is 14.0. The molecule has 3 aromatic rings. The van der Waals surface area contributed by atoms with Crippen LogP contribution in [-0.2, 0) is 13.0 Å². The molecule has 0 radical (unpaired) electrons. The summed E-state index contributed by atoms with van der Waals surface area (Å²) in [6.45, 7) is 3.04. The van der Waals surface area contributed by atoms with Crippen LogP contribution in [0, 0.1) is 12.7 Å². The molecule has 2 N–H and O–H groups in total. The van der Waals surface area contributed by atoms with E-state index in [4.69, 9.17) is 4.42 Å². The van der Waals surface area contributed by atoms with Crippen LogP contribution in [0.3, 0.4) is 0 Å². The molecular weight excluding hydrogens is 470 g/mol. The molecule has 7 heteroatoms. The summed E-state index contributed by atoms with van der Waals surface area (Å²) in [5.41, 5.74) is 3.06. The van der Waals surface area contributed by atoms with Gasteiger partial charge in [0.05, 0.1) is 12.7 Å². The first kappa shape index (κ1) is 21.9. The van der Waals surface area contributed by atoms with Crippen molar-refractivity contribution < 1.29 is 8.81 Å². The predicted octanol–water partition coefficient (Wildman–Crippen LogP) is 4.31. The molecule has 5 nitrogen and oxygen atoms in total. The number of aliphatic imine (C=N–C) groups is 1. The zero-order chi connectivity index (χ0) is 19.1. The third-order valence-electron chi connectivity index (χ3n) is 4.23. The third kappa shape index (κ3) is 6.05. The smallest absolute Gasteiger partial charge is 0.214 e. The summed E-state index contributed by atoms with van der Waals surface area (Å²) in [5.74, 6) is 1.78. The zero-order valence-electron chi connectivity index (χ0n) is 15.9. The summed E-state index contributed by atoms with van der Waals surface area (Å²) in [5, 5.41) is 6.43. The van der Waals surface area contributed by atoms with Gasteiger partial charge in [-0.3, -0.25) is 4.99 Å². The fourth-order valence-corrected chi connectivity index (χ4v) is 2.76. The van der Waals surface area contributed by atoms with Crippen molar-refractivity contribution in [3.05, 3.63) is 77.6 Å². The average molecular weight is 494 g/mol. The Bertz CT molecular complexity index is 912. The number of guanidine groups is 1. The lowest BCUT2D eigenvalue weighted by Gasteiger charge is -2.11. The average Bonchev–Trinajstić information content (AvgIpc) is 3.16. The van der Waals surface area contributed by atoms with Crippen molar-refractivity contribution in [2.75, 3.05) is 13.6 Å². The fourth-order valence-electron chi connectivity index (χ4n) is 2.76. The zero-order valence-corrected chi connectivity index (χ0v) is 18.2. The Balaban J connectivity index is 0.00000280. The largest absolute Gasteiger partial charge is 0.439 e. The van der Waals surface area contributed by atoms with Gasteiger partial charge in [-0.25, -0.2) is 9.37 Å². The topological polar surface area (TPSA) is 62.5 Å². The lowest BCUT2D eigenvalue weighted by Crippen LogP contribution is -2.38. The van der Waals surface area contributed by atoms with Crippen LogP contribution in [0.5, 0.6) is 0 Å². The van der Waals surface area contributed by atoms with Gasteiger partial charge in [0.25, 0.3) is 0 Å². The number of benzene rings is 2. The number of rotatable bonds is 6. The highest BCUT2D eigenvalue weighted by Crippen LogP contribution is 2.19. The van der Waals surface area contributed by atoms with E-state index < -0.39 is 0 Å². The number of halogens is 2. The monoisotopic (exact) mass is 494 g/mol. The second-order valence-corrected chi connectivity index (χ2v) is 6.16. The lowest BCUT2D eigenvalue weighted by atomic mass is 10.1. The Labute approximate surface area is 181 Å². The molecule has 1 aromatic heterocycles. The minimum Gasteiger partial charge on any atom is -0.439 e. The van der Waals surface area contributed by atoms with Gasteiger partial charge in [0.2, 0.25) is 5.89 Å². The second kappa shape index (κ2) is 10.8. The quantitative estimate of drug-likeness (QED) is 0.305. The lowest BCUT2D eigenvalue weighted by molar-refractivity contribution is 0.497. The van der Waals surface area contributed by atoms with Gasteiger partial charge < -0.3 is 15.1 Å². The van der Waals surface area contributed by atoms with Crippen molar-refractivity contribution in [1.82, 2.24) is 15.6 Å². The van der Waals surface area contributed by atoms with Crippen LogP contribution in [0.15, 0.2) is 64.1 Å². The molecule has 28 heavy (non-hydrogen) atoms. The Morgan fingerprint density at radius 2 is 1.93 bits per heavy atom. The molecule has 3 rings (SSSR count). The van der Waals surface area contributed by atoms with Crippen molar-refractivity contribution in [2.45, 2.75) is 19.9 Å². The number of aryl methyl sites for hydroxylation is 1. The molecular formula is C21H24FIN4O. The van der Waals surface area contributed by atoms with Gasteiger partial charge in [0, 0.05) is 19.2 Å². The molecule has 0 aliphatic rings. The first-order valence-corrected chi connectivity index (χ1v) is 8.85. The number of aromatic nitrogens is 1. The normalized spacial score (nSPS) is 11.0. The molecule has 0 unspecified atom stereocenters. The number of oxazole rings is 1. The SMILES string of the molecule is CN=C(NCCc1ccc(F)cc1C)NCc1ncc(-c2ccccc2)o1.I. The van der Waals surface area contributed by atoms with E-state index in [9.17, 15) is 4.39 Å². The van der Waals surface area contributed by atoms with E-state index in [-0.39, 0.29) is 29.8 Å². The van der Waals surface area contributed by atoms with Crippen molar-refractivity contribution in [3.8, 4) is 11.3 Å². The summed E-state index contributed by atoms with van der Waals surface area (Å²) < 4.78 is 18.9. The van der Waals surface area contributed by atoms with E-state index in [1.54, 1.807) is 19.3 Å². The molecule has 0 aliphatic carbocycles. The van der Waals surface area contributed by atoms with Crippen LogP contribution < -0.4 is 10.6 Å². The van der Waals surface area contributed by atoms with Gasteiger partial charge in [-0.1, -0.05) is 36.4 Å². The van der Waals surface area contributed by atoms with Crippen LogP contribution in [-0.4, -0.2) is 24.5 Å². The summed E-state index contributed by atoms with van der Waals surface area (Å²) in [4.78, 5) is 8.50. The van der Waals surface area contributed by atoms with Gasteiger partial charge in [-0.2, -0.15) is 0 Å². The number of nitrogens with zero attached hydrogens (tertiary/aromatic N) is 2. The Morgan fingerprint density at radius 1 is 1.14 bits per heavy atom. The van der Waals surface area contributed by atoms with Gasteiger partial charge in [0.1, 0.15) is 5.82 Å². The van der Waals surface area contributed by atoms with Gasteiger partial charge in [-0.15, -0.1) is 24.0 Å². The molecule has 0 saturated heterocycles. The maximum atomic E-state index is 13.2. The van der Waals surface area contributed by atoms with Crippen LogP contribution in [0.25, 0.3) is 11.3 Å². The third-order valence-corrected chi connectivity index (χ3v) is 4.23. The van der Waals surface area contributed by atoms with E-state index >= 15 is 0 Å². The molecule has 1 heterocycles. The molecule has 0 saturated carbocycles. The first-order chi connectivity index (χ1) is 13.2. The standard InChI is InChI=1S/C21H23FN4O.HI/c1-15-12-18(22)9-8-16(15)10-11-24-21(23-2)26-14-20-25-13-19(27-20)17-6-4-3-5-7-17;/h3-9,12-13H,10-11,14H2,1-2H3,(H2,23,24,26);1H. The molecule has 0 bridgehead atoms. The summed E-state index contributed by atoms with van der Waals surface area (Å²) in [7, 11) is 1.71. The Morgan fingerprint density at radius 3 is 2.64 bits per heavy atom. The molecule has 0 amide bonds. The number of nitrogens with one attached hydrogen (secondary N) is 2. The summed E-state index contributed by atoms with van der Waals surface area (Å²) in [6, 6.07) is 14.7. The van der Waals surface area contributed by atoms with E-state index in [0.717, 1.165) is 28.9 Å². The summed E-state index contributed by atoms with van der Waals surface area (Å²) in [6.07, 6.45) is 2.50. The molecule has 2 aromatic carbocycles.